The number of benzene rings is 2. The second kappa shape index (κ2) is 8.57. The SMILES string of the molecule is Cc1cccc(N2CCN(c3ncnc(Nc4ccccc4C(F)(F)F)c3N)CC2)c1C. The zero-order chi connectivity index (χ0) is 22.9. The molecule has 1 aromatic heterocycles. The molecule has 168 valence electrons. The van der Waals surface area contributed by atoms with E-state index in [4.69, 9.17) is 5.73 Å². The van der Waals surface area contributed by atoms with Crippen LogP contribution in [-0.4, -0.2) is 36.1 Å². The number of nitrogens with two attached hydrogens (primary N) is 1. The van der Waals surface area contributed by atoms with Crippen molar-refractivity contribution in [3.8, 4) is 0 Å². The number of anilines is 5. The van der Waals surface area contributed by atoms with Gasteiger partial charge in [0.25, 0.3) is 0 Å². The van der Waals surface area contributed by atoms with Crippen LogP contribution < -0.4 is 20.9 Å². The smallest absolute Gasteiger partial charge is 0.393 e. The van der Waals surface area contributed by atoms with Gasteiger partial charge in [-0.05, 0) is 43.2 Å². The van der Waals surface area contributed by atoms with Gasteiger partial charge in [-0.1, -0.05) is 24.3 Å². The third kappa shape index (κ3) is 4.28. The highest BCUT2D eigenvalue weighted by Crippen LogP contribution is 2.37. The zero-order valence-electron chi connectivity index (χ0n) is 17.9. The lowest BCUT2D eigenvalue weighted by atomic mass is 10.1. The first kappa shape index (κ1) is 21.7. The predicted molar refractivity (Wildman–Crippen MR) is 122 cm³/mol. The van der Waals surface area contributed by atoms with Gasteiger partial charge in [-0.25, -0.2) is 9.97 Å². The van der Waals surface area contributed by atoms with Gasteiger partial charge in [-0.2, -0.15) is 13.2 Å². The molecule has 0 aliphatic carbocycles. The van der Waals surface area contributed by atoms with Crippen molar-refractivity contribution in [2.75, 3.05) is 47.0 Å². The van der Waals surface area contributed by atoms with Crippen LogP contribution in [0.2, 0.25) is 0 Å². The van der Waals surface area contributed by atoms with Crippen LogP contribution in [0.1, 0.15) is 16.7 Å². The van der Waals surface area contributed by atoms with E-state index >= 15 is 0 Å². The molecule has 1 fully saturated rings. The van der Waals surface area contributed by atoms with Gasteiger partial charge in [0.15, 0.2) is 11.6 Å². The lowest BCUT2D eigenvalue weighted by Crippen LogP contribution is -2.47. The quantitative estimate of drug-likeness (QED) is 0.607. The van der Waals surface area contributed by atoms with Gasteiger partial charge in [0.05, 0.1) is 11.3 Å². The number of aryl methyl sites for hydroxylation is 1. The summed E-state index contributed by atoms with van der Waals surface area (Å²) in [4.78, 5) is 12.8. The molecule has 2 heterocycles. The summed E-state index contributed by atoms with van der Waals surface area (Å²) in [5.41, 5.74) is 9.36. The normalized spacial score (nSPS) is 14.5. The maximum absolute atomic E-state index is 13.3. The summed E-state index contributed by atoms with van der Waals surface area (Å²) in [7, 11) is 0. The van der Waals surface area contributed by atoms with E-state index in [9.17, 15) is 13.2 Å². The number of rotatable bonds is 4. The third-order valence-electron chi connectivity index (χ3n) is 5.84. The molecule has 2 aromatic carbocycles. The Kier molecular flexibility index (Phi) is 5.82. The first-order chi connectivity index (χ1) is 15.3. The van der Waals surface area contributed by atoms with Gasteiger partial charge in [0.2, 0.25) is 0 Å². The highest BCUT2D eigenvalue weighted by molar-refractivity contribution is 5.79. The Hall–Kier alpha value is -3.49. The number of nitrogens with zero attached hydrogens (tertiary/aromatic N) is 4. The second-order valence-electron chi connectivity index (χ2n) is 7.82. The zero-order valence-corrected chi connectivity index (χ0v) is 17.9. The summed E-state index contributed by atoms with van der Waals surface area (Å²) in [5.74, 6) is 0.677. The van der Waals surface area contributed by atoms with Gasteiger partial charge in [0, 0.05) is 31.9 Å². The molecule has 1 aliphatic heterocycles. The Labute approximate surface area is 184 Å². The minimum atomic E-state index is -4.49. The van der Waals surface area contributed by atoms with Crippen molar-refractivity contribution in [1.29, 1.82) is 0 Å². The number of nitrogens with one attached hydrogen (secondary N) is 1. The fourth-order valence-electron chi connectivity index (χ4n) is 3.94. The highest BCUT2D eigenvalue weighted by atomic mass is 19.4. The first-order valence-electron chi connectivity index (χ1n) is 10.4. The van der Waals surface area contributed by atoms with E-state index in [0.717, 1.165) is 19.2 Å². The van der Waals surface area contributed by atoms with Gasteiger partial charge < -0.3 is 20.9 Å². The highest BCUT2D eigenvalue weighted by Gasteiger charge is 2.33. The van der Waals surface area contributed by atoms with E-state index in [-0.39, 0.29) is 17.2 Å². The van der Waals surface area contributed by atoms with E-state index in [0.29, 0.717) is 18.9 Å². The van der Waals surface area contributed by atoms with Gasteiger partial charge in [-0.15, -0.1) is 0 Å². The molecule has 1 saturated heterocycles. The number of halogens is 3. The van der Waals surface area contributed by atoms with E-state index in [1.54, 1.807) is 0 Å². The van der Waals surface area contributed by atoms with E-state index in [2.05, 4.69) is 52.2 Å². The summed E-state index contributed by atoms with van der Waals surface area (Å²) in [5, 5.41) is 2.74. The van der Waals surface area contributed by atoms with Crippen molar-refractivity contribution >= 4 is 28.7 Å². The number of nitrogen functional groups attached to an aromatic ring is 1. The van der Waals surface area contributed by atoms with Crippen LogP contribution in [0.5, 0.6) is 0 Å². The molecule has 1 aliphatic rings. The van der Waals surface area contributed by atoms with Crippen LogP contribution in [-0.2, 0) is 6.18 Å². The maximum atomic E-state index is 13.3. The molecule has 32 heavy (non-hydrogen) atoms. The standard InChI is InChI=1S/C23H25F3N6/c1-15-6-5-9-19(16(15)2)31-10-12-32(13-11-31)22-20(27)21(28-14-29-22)30-18-8-4-3-7-17(18)23(24,25)26/h3-9,14H,10-13,27H2,1-2H3,(H,28,29,30). The van der Waals surface area contributed by atoms with Crippen molar-refractivity contribution in [2.45, 2.75) is 20.0 Å². The van der Waals surface area contributed by atoms with Gasteiger partial charge in [-0.3, -0.25) is 0 Å². The van der Waals surface area contributed by atoms with Crippen molar-refractivity contribution in [3.05, 3.63) is 65.5 Å². The molecule has 0 saturated carbocycles. The van der Waals surface area contributed by atoms with Crippen molar-refractivity contribution in [3.63, 3.8) is 0 Å². The van der Waals surface area contributed by atoms with E-state index < -0.39 is 11.7 Å². The number of hydrogen-bond donors (Lipinski definition) is 2. The van der Waals surface area contributed by atoms with Gasteiger partial charge in [0.1, 0.15) is 12.0 Å². The minimum Gasteiger partial charge on any atom is -0.393 e. The third-order valence-corrected chi connectivity index (χ3v) is 5.84. The Balaban J connectivity index is 1.53. The summed E-state index contributed by atoms with van der Waals surface area (Å²) in [6, 6.07) is 11.5. The van der Waals surface area contributed by atoms with Crippen LogP contribution in [0.3, 0.4) is 0 Å². The number of para-hydroxylation sites is 1. The molecule has 0 atom stereocenters. The Morgan fingerprint density at radius 1 is 0.906 bits per heavy atom. The van der Waals surface area contributed by atoms with Crippen LogP contribution in [0.15, 0.2) is 48.8 Å². The summed E-state index contributed by atoms with van der Waals surface area (Å²) in [6.45, 7) is 7.17. The second-order valence-corrected chi connectivity index (χ2v) is 7.82. The maximum Gasteiger partial charge on any atom is 0.418 e. The summed E-state index contributed by atoms with van der Waals surface area (Å²) in [6.07, 6.45) is -3.17. The number of hydrogen-bond acceptors (Lipinski definition) is 6. The average Bonchev–Trinajstić information content (AvgIpc) is 2.77. The molecule has 6 nitrogen and oxygen atoms in total. The van der Waals surface area contributed by atoms with Crippen molar-refractivity contribution < 1.29 is 13.2 Å². The lowest BCUT2D eigenvalue weighted by molar-refractivity contribution is -0.136. The van der Waals surface area contributed by atoms with E-state index in [1.807, 2.05) is 4.90 Å². The molecule has 4 rings (SSSR count). The van der Waals surface area contributed by atoms with Crippen molar-refractivity contribution in [2.24, 2.45) is 0 Å². The Morgan fingerprint density at radius 3 is 2.31 bits per heavy atom. The number of piperazine rings is 1. The molecular formula is C23H25F3N6. The Bertz CT molecular complexity index is 1110. The van der Waals surface area contributed by atoms with Gasteiger partial charge >= 0.3 is 6.18 Å². The number of alkyl halides is 3. The molecule has 0 radical (unpaired) electrons. The monoisotopic (exact) mass is 442 g/mol. The predicted octanol–water partition coefficient (Wildman–Crippen LogP) is 4.76. The van der Waals surface area contributed by atoms with Crippen LogP contribution in [0.25, 0.3) is 0 Å². The molecule has 9 heteroatoms. The number of aromatic nitrogens is 2. The van der Waals surface area contributed by atoms with E-state index in [1.165, 1.54) is 41.3 Å². The van der Waals surface area contributed by atoms with Crippen LogP contribution in [0, 0.1) is 13.8 Å². The molecule has 0 amide bonds. The topological polar surface area (TPSA) is 70.3 Å². The van der Waals surface area contributed by atoms with Crippen LogP contribution >= 0.6 is 0 Å². The molecule has 0 spiro atoms. The Morgan fingerprint density at radius 2 is 1.59 bits per heavy atom. The first-order valence-corrected chi connectivity index (χ1v) is 10.4. The summed E-state index contributed by atoms with van der Waals surface area (Å²) >= 11 is 0. The molecular weight excluding hydrogens is 417 g/mol. The summed E-state index contributed by atoms with van der Waals surface area (Å²) < 4.78 is 40.0. The molecule has 0 unspecified atom stereocenters. The fraction of sp³-hybridized carbons (Fsp3) is 0.304. The van der Waals surface area contributed by atoms with Crippen LogP contribution in [0.4, 0.5) is 41.9 Å². The van der Waals surface area contributed by atoms with Crippen molar-refractivity contribution in [1.82, 2.24) is 9.97 Å². The largest absolute Gasteiger partial charge is 0.418 e. The lowest BCUT2D eigenvalue weighted by Gasteiger charge is -2.38. The average molecular weight is 442 g/mol. The molecule has 0 bridgehead atoms. The fourth-order valence-corrected chi connectivity index (χ4v) is 3.94. The minimum absolute atomic E-state index is 0.101. The molecule has 3 aromatic rings. The molecule has 3 N–H and O–H groups in total.